The third-order valence-corrected chi connectivity index (χ3v) is 5.81. The van der Waals surface area contributed by atoms with Crippen LogP contribution in [0.2, 0.25) is 0 Å². The fourth-order valence-corrected chi connectivity index (χ4v) is 3.83. The number of carbonyl (C=O) groups excluding carboxylic acids is 3. The minimum atomic E-state index is -1.08. The molecule has 0 saturated carbocycles. The first-order valence-corrected chi connectivity index (χ1v) is 10.8. The number of aryl methyl sites for hydroxylation is 1. The van der Waals surface area contributed by atoms with E-state index in [4.69, 9.17) is 9.47 Å². The lowest BCUT2D eigenvalue weighted by Gasteiger charge is -2.21. The van der Waals surface area contributed by atoms with Gasteiger partial charge >= 0.3 is 6.03 Å². The van der Waals surface area contributed by atoms with E-state index in [0.29, 0.717) is 30.8 Å². The number of imide groups is 1. The number of carbonyl (C=O) groups is 3. The van der Waals surface area contributed by atoms with Gasteiger partial charge in [0.05, 0.1) is 6.10 Å². The van der Waals surface area contributed by atoms with Crippen LogP contribution in [0.15, 0.2) is 54.6 Å². The van der Waals surface area contributed by atoms with Crippen molar-refractivity contribution in [1.82, 2.24) is 15.8 Å². The number of hydrogen-bond acceptors (Lipinski definition) is 5. The maximum absolute atomic E-state index is 12.9. The maximum Gasteiger partial charge on any atom is 0.344 e. The van der Waals surface area contributed by atoms with Gasteiger partial charge in [-0.1, -0.05) is 30.3 Å². The van der Waals surface area contributed by atoms with Gasteiger partial charge < -0.3 is 14.8 Å². The van der Waals surface area contributed by atoms with E-state index in [1.54, 1.807) is 31.2 Å². The molecule has 2 N–H and O–H groups in total. The van der Waals surface area contributed by atoms with Gasteiger partial charge in [-0.25, -0.2) is 4.79 Å². The fraction of sp³-hybridized carbons (Fsp3) is 0.375. The number of nitrogens with one attached hydrogen (secondary N) is 2. The zero-order valence-electron chi connectivity index (χ0n) is 18.0. The second-order valence-corrected chi connectivity index (χ2v) is 8.30. The highest BCUT2D eigenvalue weighted by Crippen LogP contribution is 2.23. The molecule has 2 aromatic carbocycles. The molecule has 2 aliphatic heterocycles. The van der Waals surface area contributed by atoms with E-state index in [1.165, 1.54) is 0 Å². The lowest BCUT2D eigenvalue weighted by Crippen LogP contribution is -2.48. The number of hydrazine groups is 1. The highest BCUT2D eigenvalue weighted by molar-refractivity contribution is 6.09. The van der Waals surface area contributed by atoms with Gasteiger partial charge in [0.25, 0.3) is 11.8 Å². The average molecular weight is 437 g/mol. The van der Waals surface area contributed by atoms with Gasteiger partial charge in [-0.3, -0.25) is 15.0 Å². The van der Waals surface area contributed by atoms with E-state index < -0.39 is 23.4 Å². The van der Waals surface area contributed by atoms with E-state index in [-0.39, 0.29) is 6.10 Å². The van der Waals surface area contributed by atoms with Gasteiger partial charge in [-0.2, -0.15) is 5.01 Å². The van der Waals surface area contributed by atoms with Crippen molar-refractivity contribution in [3.8, 4) is 5.75 Å². The highest BCUT2D eigenvalue weighted by atomic mass is 16.5. The second kappa shape index (κ2) is 9.40. The number of benzene rings is 2. The zero-order valence-corrected chi connectivity index (χ0v) is 18.0. The number of rotatable bonds is 8. The monoisotopic (exact) mass is 437 g/mol. The largest absolute Gasteiger partial charge is 0.491 e. The van der Waals surface area contributed by atoms with Crippen molar-refractivity contribution in [2.24, 2.45) is 0 Å². The zero-order chi connectivity index (χ0) is 22.6. The summed E-state index contributed by atoms with van der Waals surface area (Å²) in [5.41, 5.74) is 2.72. The smallest absolute Gasteiger partial charge is 0.344 e. The van der Waals surface area contributed by atoms with E-state index >= 15 is 0 Å². The molecule has 0 spiro atoms. The minimum Gasteiger partial charge on any atom is -0.491 e. The Hall–Kier alpha value is -3.39. The molecular weight excluding hydrogens is 410 g/mol. The van der Waals surface area contributed by atoms with Crippen molar-refractivity contribution < 1.29 is 23.9 Å². The predicted octanol–water partition coefficient (Wildman–Crippen LogP) is 2.83. The summed E-state index contributed by atoms with van der Waals surface area (Å²) in [5.74, 6) is -0.407. The van der Waals surface area contributed by atoms with Gasteiger partial charge in [0.2, 0.25) is 0 Å². The molecule has 2 heterocycles. The molecule has 2 unspecified atom stereocenters. The summed E-state index contributed by atoms with van der Waals surface area (Å²) >= 11 is 0. The Kier molecular flexibility index (Phi) is 6.41. The highest BCUT2D eigenvalue weighted by Gasteiger charge is 2.48. The van der Waals surface area contributed by atoms with Crippen LogP contribution in [0.1, 0.15) is 42.1 Å². The summed E-state index contributed by atoms with van der Waals surface area (Å²) < 4.78 is 11.2. The number of nitrogens with zero attached hydrogens (tertiary/aromatic N) is 1. The topological polar surface area (TPSA) is 97.0 Å². The standard InChI is InChI=1S/C24H27N3O5/c1-24(14-13-17-6-3-2-4-7-17)22(29)27(23(30)25-24)26-21(28)18-9-11-19(12-10-18)32-16-20-8-5-15-31-20/h2-4,6-7,9-12,20H,5,8,13-16H2,1H3,(H,25,30)(H,26,28). The first-order valence-electron chi connectivity index (χ1n) is 10.8. The molecule has 4 rings (SSSR count). The molecule has 32 heavy (non-hydrogen) atoms. The van der Waals surface area contributed by atoms with Gasteiger partial charge in [0.15, 0.2) is 0 Å². The Labute approximate surface area is 186 Å². The Morgan fingerprint density at radius 2 is 1.94 bits per heavy atom. The molecule has 0 aliphatic carbocycles. The summed E-state index contributed by atoms with van der Waals surface area (Å²) in [6.45, 7) is 2.90. The third-order valence-electron chi connectivity index (χ3n) is 5.81. The van der Waals surface area contributed by atoms with Crippen LogP contribution < -0.4 is 15.5 Å². The molecule has 2 saturated heterocycles. The first kappa shape index (κ1) is 21.8. The Balaban J connectivity index is 1.33. The molecule has 0 bridgehead atoms. The Morgan fingerprint density at radius 3 is 2.62 bits per heavy atom. The van der Waals surface area contributed by atoms with E-state index in [1.807, 2.05) is 30.3 Å². The molecule has 2 aliphatic rings. The predicted molar refractivity (Wildman–Crippen MR) is 117 cm³/mol. The van der Waals surface area contributed by atoms with Crippen LogP contribution in [0.3, 0.4) is 0 Å². The third kappa shape index (κ3) is 4.91. The molecule has 4 amide bonds. The molecule has 0 aromatic heterocycles. The van der Waals surface area contributed by atoms with Crippen molar-refractivity contribution in [1.29, 1.82) is 0 Å². The van der Waals surface area contributed by atoms with Gasteiger partial charge in [-0.15, -0.1) is 0 Å². The molecular formula is C24H27N3O5. The normalized spacial score (nSPS) is 22.7. The molecule has 2 aromatic rings. The van der Waals surface area contributed by atoms with Crippen LogP contribution in [0.4, 0.5) is 4.79 Å². The van der Waals surface area contributed by atoms with Crippen LogP contribution in [0, 0.1) is 0 Å². The van der Waals surface area contributed by atoms with E-state index in [2.05, 4.69) is 10.7 Å². The summed E-state index contributed by atoms with van der Waals surface area (Å²) in [6, 6.07) is 15.6. The van der Waals surface area contributed by atoms with Crippen molar-refractivity contribution in [2.75, 3.05) is 13.2 Å². The van der Waals surface area contributed by atoms with E-state index in [0.717, 1.165) is 30.0 Å². The molecule has 168 valence electrons. The summed E-state index contributed by atoms with van der Waals surface area (Å²) in [6.07, 6.45) is 3.18. The van der Waals surface area contributed by atoms with E-state index in [9.17, 15) is 14.4 Å². The lowest BCUT2D eigenvalue weighted by molar-refractivity contribution is -0.132. The van der Waals surface area contributed by atoms with Crippen molar-refractivity contribution in [2.45, 2.75) is 44.2 Å². The Bertz CT molecular complexity index is 973. The SMILES string of the molecule is CC1(CCc2ccccc2)NC(=O)N(NC(=O)c2ccc(OCC3CCCO3)cc2)C1=O. The number of ether oxygens (including phenoxy) is 2. The van der Waals surface area contributed by atoms with Crippen LogP contribution in [-0.2, 0) is 16.0 Å². The first-order chi connectivity index (χ1) is 15.4. The number of urea groups is 1. The molecule has 2 atom stereocenters. The van der Waals surface area contributed by atoms with Crippen LogP contribution in [-0.4, -0.2) is 47.7 Å². The summed E-state index contributed by atoms with van der Waals surface area (Å²) in [5, 5.41) is 3.46. The van der Waals surface area contributed by atoms with Crippen LogP contribution >= 0.6 is 0 Å². The quantitative estimate of drug-likeness (QED) is 0.619. The maximum atomic E-state index is 12.9. The second-order valence-electron chi connectivity index (χ2n) is 8.30. The summed E-state index contributed by atoms with van der Waals surface area (Å²) in [4.78, 5) is 37.9. The van der Waals surface area contributed by atoms with Crippen LogP contribution in [0.5, 0.6) is 5.75 Å². The molecule has 2 fully saturated rings. The molecule has 8 nitrogen and oxygen atoms in total. The molecule has 8 heteroatoms. The Morgan fingerprint density at radius 1 is 1.19 bits per heavy atom. The van der Waals surface area contributed by atoms with Crippen LogP contribution in [0.25, 0.3) is 0 Å². The van der Waals surface area contributed by atoms with Gasteiger partial charge in [-0.05, 0) is 62.4 Å². The minimum absolute atomic E-state index is 0.105. The van der Waals surface area contributed by atoms with Gasteiger partial charge in [0.1, 0.15) is 17.9 Å². The fourth-order valence-electron chi connectivity index (χ4n) is 3.83. The molecule has 0 radical (unpaired) electrons. The summed E-state index contributed by atoms with van der Waals surface area (Å²) in [7, 11) is 0. The average Bonchev–Trinajstić information content (AvgIpc) is 3.40. The number of hydrogen-bond donors (Lipinski definition) is 2. The lowest BCUT2D eigenvalue weighted by atomic mass is 9.93. The number of amides is 4. The van der Waals surface area contributed by atoms with Gasteiger partial charge in [0, 0.05) is 12.2 Å². The van der Waals surface area contributed by atoms with Crippen molar-refractivity contribution in [3.05, 3.63) is 65.7 Å². The van der Waals surface area contributed by atoms with Crippen molar-refractivity contribution in [3.63, 3.8) is 0 Å². The van der Waals surface area contributed by atoms with Crippen molar-refractivity contribution >= 4 is 17.8 Å².